The van der Waals surface area contributed by atoms with Crippen molar-refractivity contribution in [3.63, 3.8) is 0 Å². The van der Waals surface area contributed by atoms with Crippen LogP contribution >= 0.6 is 0 Å². The van der Waals surface area contributed by atoms with Crippen LogP contribution in [0.1, 0.15) is 33.2 Å². The van der Waals surface area contributed by atoms with Gasteiger partial charge in [-0.3, -0.25) is 14.4 Å². The summed E-state index contributed by atoms with van der Waals surface area (Å²) in [5, 5.41) is 0. The summed E-state index contributed by atoms with van der Waals surface area (Å²) in [5.41, 5.74) is 0.964. The van der Waals surface area contributed by atoms with Crippen LogP contribution < -0.4 is 9.47 Å². The third-order valence-electron chi connectivity index (χ3n) is 3.55. The first-order valence-corrected chi connectivity index (χ1v) is 7.35. The van der Waals surface area contributed by atoms with Crippen LogP contribution in [-0.4, -0.2) is 31.6 Å². The van der Waals surface area contributed by atoms with E-state index in [2.05, 4.69) is 0 Å². The quantitative estimate of drug-likeness (QED) is 0.578. The minimum absolute atomic E-state index is 0.0637. The first-order chi connectivity index (χ1) is 11.5. The highest BCUT2D eigenvalue weighted by Crippen LogP contribution is 2.21. The third-order valence-corrected chi connectivity index (χ3v) is 3.55. The number of ketones is 3. The number of ether oxygens (including phenoxy) is 2. The third kappa shape index (κ3) is 3.87. The fourth-order valence-corrected chi connectivity index (χ4v) is 2.33. The van der Waals surface area contributed by atoms with E-state index in [0.717, 1.165) is 0 Å². The average molecular weight is 326 g/mol. The standard InChI is InChI=1S/C19H18O5/c1-12(20)10-14-11-16(24-3)8-9-17(14)19(22)18(21)13-4-6-15(23-2)7-5-13/h4-9,11H,10H2,1-3H3. The summed E-state index contributed by atoms with van der Waals surface area (Å²) in [7, 11) is 3.02. The van der Waals surface area contributed by atoms with E-state index in [9.17, 15) is 14.4 Å². The van der Waals surface area contributed by atoms with E-state index in [-0.39, 0.29) is 23.3 Å². The molecule has 0 spiro atoms. The minimum atomic E-state index is -0.654. The van der Waals surface area contributed by atoms with E-state index in [4.69, 9.17) is 9.47 Å². The predicted molar refractivity (Wildman–Crippen MR) is 89.0 cm³/mol. The van der Waals surface area contributed by atoms with Gasteiger partial charge in [0.1, 0.15) is 17.3 Å². The van der Waals surface area contributed by atoms with Crippen molar-refractivity contribution in [2.45, 2.75) is 13.3 Å². The largest absolute Gasteiger partial charge is 0.497 e. The van der Waals surface area contributed by atoms with Gasteiger partial charge in [0.2, 0.25) is 11.6 Å². The van der Waals surface area contributed by atoms with Gasteiger partial charge in [-0.15, -0.1) is 0 Å². The topological polar surface area (TPSA) is 69.7 Å². The average Bonchev–Trinajstić information content (AvgIpc) is 2.60. The predicted octanol–water partition coefficient (Wildman–Crippen LogP) is 2.90. The molecule has 0 fully saturated rings. The molecule has 24 heavy (non-hydrogen) atoms. The van der Waals surface area contributed by atoms with Crippen molar-refractivity contribution in [3.8, 4) is 11.5 Å². The van der Waals surface area contributed by atoms with Gasteiger partial charge in [0, 0.05) is 17.5 Å². The second-order valence-corrected chi connectivity index (χ2v) is 5.29. The molecule has 2 aromatic rings. The molecule has 0 bridgehead atoms. The second-order valence-electron chi connectivity index (χ2n) is 5.29. The highest BCUT2D eigenvalue weighted by Gasteiger charge is 2.22. The van der Waals surface area contributed by atoms with E-state index in [0.29, 0.717) is 17.1 Å². The SMILES string of the molecule is COc1ccc(C(=O)C(=O)c2ccc(OC)cc2CC(C)=O)cc1. The summed E-state index contributed by atoms with van der Waals surface area (Å²) < 4.78 is 10.2. The lowest BCUT2D eigenvalue weighted by atomic mass is 9.94. The van der Waals surface area contributed by atoms with Gasteiger partial charge in [-0.25, -0.2) is 0 Å². The molecule has 0 aromatic heterocycles. The van der Waals surface area contributed by atoms with Gasteiger partial charge >= 0.3 is 0 Å². The van der Waals surface area contributed by atoms with Crippen molar-refractivity contribution < 1.29 is 23.9 Å². The van der Waals surface area contributed by atoms with Crippen LogP contribution in [0, 0.1) is 0 Å². The summed E-state index contributed by atoms with van der Waals surface area (Å²) in [6, 6.07) is 11.0. The highest BCUT2D eigenvalue weighted by atomic mass is 16.5. The van der Waals surface area contributed by atoms with Gasteiger partial charge < -0.3 is 9.47 Å². The Morgan fingerprint density at radius 1 is 0.833 bits per heavy atom. The van der Waals surface area contributed by atoms with Crippen molar-refractivity contribution in [2.24, 2.45) is 0 Å². The molecule has 0 aliphatic rings. The Labute approximate surface area is 140 Å². The first kappa shape index (κ1) is 17.4. The van der Waals surface area contributed by atoms with Crippen LogP contribution in [0.5, 0.6) is 11.5 Å². The van der Waals surface area contributed by atoms with Gasteiger partial charge in [-0.05, 0) is 55.0 Å². The zero-order valence-electron chi connectivity index (χ0n) is 13.8. The van der Waals surface area contributed by atoms with E-state index in [1.54, 1.807) is 24.3 Å². The first-order valence-electron chi connectivity index (χ1n) is 7.35. The Balaban J connectivity index is 2.36. The van der Waals surface area contributed by atoms with E-state index >= 15 is 0 Å². The van der Waals surface area contributed by atoms with Crippen LogP contribution in [0.25, 0.3) is 0 Å². The zero-order valence-corrected chi connectivity index (χ0v) is 13.8. The number of hydrogen-bond donors (Lipinski definition) is 0. The van der Waals surface area contributed by atoms with Gasteiger partial charge in [0.15, 0.2) is 0 Å². The maximum Gasteiger partial charge on any atom is 0.233 e. The number of rotatable bonds is 7. The summed E-state index contributed by atoms with van der Waals surface area (Å²) >= 11 is 0. The second kappa shape index (κ2) is 7.55. The Morgan fingerprint density at radius 3 is 1.96 bits per heavy atom. The van der Waals surface area contributed by atoms with Crippen molar-refractivity contribution in [1.29, 1.82) is 0 Å². The van der Waals surface area contributed by atoms with Crippen LogP contribution in [0.2, 0.25) is 0 Å². The van der Waals surface area contributed by atoms with E-state index in [1.165, 1.54) is 39.3 Å². The number of carbonyl (C=O) groups excluding carboxylic acids is 3. The molecule has 0 radical (unpaired) electrons. The van der Waals surface area contributed by atoms with Crippen molar-refractivity contribution in [2.75, 3.05) is 14.2 Å². The Morgan fingerprint density at radius 2 is 1.42 bits per heavy atom. The molecular weight excluding hydrogens is 308 g/mol. The molecule has 0 saturated carbocycles. The lowest BCUT2D eigenvalue weighted by molar-refractivity contribution is -0.116. The molecule has 0 amide bonds. The molecule has 124 valence electrons. The Kier molecular flexibility index (Phi) is 5.47. The highest BCUT2D eigenvalue weighted by molar-refractivity contribution is 6.49. The molecule has 5 heteroatoms. The van der Waals surface area contributed by atoms with Crippen molar-refractivity contribution in [3.05, 3.63) is 59.2 Å². The van der Waals surface area contributed by atoms with Gasteiger partial charge in [0.05, 0.1) is 14.2 Å². The number of carbonyl (C=O) groups is 3. The van der Waals surface area contributed by atoms with Crippen LogP contribution in [-0.2, 0) is 11.2 Å². The minimum Gasteiger partial charge on any atom is -0.497 e. The summed E-state index contributed by atoms with van der Waals surface area (Å²) in [4.78, 5) is 36.4. The smallest absolute Gasteiger partial charge is 0.233 e. The molecule has 0 aliphatic heterocycles. The number of hydrogen-bond acceptors (Lipinski definition) is 5. The normalized spacial score (nSPS) is 10.1. The fourth-order valence-electron chi connectivity index (χ4n) is 2.33. The zero-order chi connectivity index (χ0) is 17.7. The molecular formula is C19H18O5. The van der Waals surface area contributed by atoms with Gasteiger partial charge in [-0.1, -0.05) is 0 Å². The molecule has 2 rings (SSSR count). The maximum absolute atomic E-state index is 12.6. The van der Waals surface area contributed by atoms with Crippen LogP contribution in [0.15, 0.2) is 42.5 Å². The lowest BCUT2D eigenvalue weighted by Crippen LogP contribution is -2.17. The molecule has 0 N–H and O–H groups in total. The molecule has 0 atom stereocenters. The van der Waals surface area contributed by atoms with Crippen LogP contribution in [0.4, 0.5) is 0 Å². The molecule has 0 unspecified atom stereocenters. The fraction of sp³-hybridized carbons (Fsp3) is 0.211. The van der Waals surface area contributed by atoms with Crippen molar-refractivity contribution >= 4 is 17.3 Å². The maximum atomic E-state index is 12.6. The summed E-state index contributed by atoms with van der Waals surface area (Å²) in [6.07, 6.45) is 0.0637. The molecule has 0 aliphatic carbocycles. The number of benzene rings is 2. The molecule has 5 nitrogen and oxygen atoms in total. The summed E-state index contributed by atoms with van der Waals surface area (Å²) in [5.74, 6) is -0.263. The monoisotopic (exact) mass is 326 g/mol. The summed E-state index contributed by atoms with van der Waals surface area (Å²) in [6.45, 7) is 1.43. The Hall–Kier alpha value is -2.95. The molecule has 0 heterocycles. The van der Waals surface area contributed by atoms with E-state index < -0.39 is 11.6 Å². The van der Waals surface area contributed by atoms with Crippen molar-refractivity contribution in [1.82, 2.24) is 0 Å². The van der Waals surface area contributed by atoms with E-state index in [1.807, 2.05) is 0 Å². The molecule has 2 aromatic carbocycles. The van der Waals surface area contributed by atoms with Crippen LogP contribution in [0.3, 0.4) is 0 Å². The molecule has 0 saturated heterocycles. The Bertz CT molecular complexity index is 775. The lowest BCUT2D eigenvalue weighted by Gasteiger charge is -2.09. The van der Waals surface area contributed by atoms with Gasteiger partial charge in [0.25, 0.3) is 0 Å². The number of Topliss-reactive ketones (excluding diaryl/α,β-unsaturated/α-hetero) is 3. The van der Waals surface area contributed by atoms with Gasteiger partial charge in [-0.2, -0.15) is 0 Å². The number of methoxy groups -OCH3 is 2.